The summed E-state index contributed by atoms with van der Waals surface area (Å²) in [5.41, 5.74) is 1.67. The van der Waals surface area contributed by atoms with Gasteiger partial charge in [0.2, 0.25) is 0 Å². The molecule has 2 rings (SSSR count). The van der Waals surface area contributed by atoms with Crippen LogP contribution in [0.2, 0.25) is 5.02 Å². The van der Waals surface area contributed by atoms with Gasteiger partial charge in [0.25, 0.3) is 0 Å². The van der Waals surface area contributed by atoms with Crippen LogP contribution in [0.25, 0.3) is 0 Å². The highest BCUT2D eigenvalue weighted by atomic mass is 35.5. The third kappa shape index (κ3) is 3.74. The lowest BCUT2D eigenvalue weighted by Gasteiger charge is -2.23. The van der Waals surface area contributed by atoms with E-state index in [0.717, 1.165) is 12.0 Å². The summed E-state index contributed by atoms with van der Waals surface area (Å²) in [4.78, 5) is 4.45. The molecule has 1 unspecified atom stereocenters. The molecule has 5 heteroatoms. The lowest BCUT2D eigenvalue weighted by Crippen LogP contribution is -2.21. The highest BCUT2D eigenvalue weighted by Gasteiger charge is 2.23. The van der Waals surface area contributed by atoms with E-state index in [1.54, 1.807) is 19.4 Å². The van der Waals surface area contributed by atoms with Crippen molar-refractivity contribution in [1.82, 2.24) is 0 Å². The Bertz CT molecular complexity index is 531. The minimum Gasteiger partial charge on any atom is -0.490 e. The minimum atomic E-state index is -0.512. The van der Waals surface area contributed by atoms with E-state index in [1.165, 1.54) is 0 Å². The largest absolute Gasteiger partial charge is 0.490 e. The number of ether oxygens (including phenoxy) is 2. The molecular formula is C16H21ClFNO2. The molecule has 0 fully saturated rings. The molecule has 0 saturated heterocycles. The van der Waals surface area contributed by atoms with Crippen LogP contribution in [0, 0.1) is 11.7 Å². The Morgan fingerprint density at radius 2 is 2.19 bits per heavy atom. The van der Waals surface area contributed by atoms with E-state index in [2.05, 4.69) is 18.8 Å². The number of hydrogen-bond donors (Lipinski definition) is 0. The van der Waals surface area contributed by atoms with Crippen molar-refractivity contribution in [3.05, 3.63) is 28.0 Å². The molecule has 0 bridgehead atoms. The van der Waals surface area contributed by atoms with Gasteiger partial charge in [0.1, 0.15) is 0 Å². The van der Waals surface area contributed by atoms with Crippen LogP contribution in [-0.4, -0.2) is 32.6 Å². The van der Waals surface area contributed by atoms with E-state index in [0.29, 0.717) is 31.1 Å². The first-order valence-electron chi connectivity index (χ1n) is 7.20. The van der Waals surface area contributed by atoms with Crippen LogP contribution in [0.4, 0.5) is 4.39 Å². The second kappa shape index (κ2) is 7.23. The summed E-state index contributed by atoms with van der Waals surface area (Å²) in [6, 6.07) is 1.96. The van der Waals surface area contributed by atoms with Crippen molar-refractivity contribution in [2.75, 3.05) is 20.3 Å². The summed E-state index contributed by atoms with van der Waals surface area (Å²) >= 11 is 6.11. The van der Waals surface area contributed by atoms with E-state index in [9.17, 15) is 4.39 Å². The highest BCUT2D eigenvalue weighted by molar-refractivity contribution is 6.33. The second-order valence-corrected chi connectivity index (χ2v) is 5.94. The van der Waals surface area contributed by atoms with Gasteiger partial charge in [0.15, 0.2) is 11.6 Å². The average Bonchev–Trinajstić information content (AvgIpc) is 2.47. The number of benzene rings is 1. The van der Waals surface area contributed by atoms with E-state index in [-0.39, 0.29) is 16.8 Å². The monoisotopic (exact) mass is 313 g/mol. The van der Waals surface area contributed by atoms with Gasteiger partial charge in [-0.05, 0) is 24.0 Å². The molecule has 0 saturated carbocycles. The number of nitrogens with zero attached hydrogens (tertiary/aromatic N) is 1. The topological polar surface area (TPSA) is 30.8 Å². The fraction of sp³-hybridized carbons (Fsp3) is 0.562. The summed E-state index contributed by atoms with van der Waals surface area (Å²) in [5, 5.41) is 0.0974. The van der Waals surface area contributed by atoms with Gasteiger partial charge in [-0.1, -0.05) is 25.4 Å². The lowest BCUT2D eigenvalue weighted by molar-refractivity contribution is 0.170. The van der Waals surface area contributed by atoms with Crippen LogP contribution >= 0.6 is 11.6 Å². The van der Waals surface area contributed by atoms with Gasteiger partial charge in [-0.2, -0.15) is 0 Å². The van der Waals surface area contributed by atoms with Crippen molar-refractivity contribution in [2.45, 2.75) is 32.7 Å². The quantitative estimate of drug-likeness (QED) is 0.746. The van der Waals surface area contributed by atoms with Crippen molar-refractivity contribution in [3.63, 3.8) is 0 Å². The van der Waals surface area contributed by atoms with Crippen LogP contribution in [0.5, 0.6) is 5.75 Å². The van der Waals surface area contributed by atoms with E-state index < -0.39 is 5.82 Å². The summed E-state index contributed by atoms with van der Waals surface area (Å²) in [6.07, 6.45) is 3.16. The highest BCUT2D eigenvalue weighted by Crippen LogP contribution is 2.34. The van der Waals surface area contributed by atoms with Crippen LogP contribution in [0.15, 0.2) is 11.1 Å². The molecule has 1 aromatic rings. The standard InChI is InChI=1S/C16H21ClFNO2/c1-10(2)13-7-11-8-14(21-6-4-5-20-3)16(18)15(17)12(11)9-19-13/h8-10,13H,4-7H2,1-3H3. The first-order chi connectivity index (χ1) is 10.0. The van der Waals surface area contributed by atoms with Gasteiger partial charge in [-0.25, -0.2) is 4.39 Å². The molecular weight excluding hydrogens is 293 g/mol. The summed E-state index contributed by atoms with van der Waals surface area (Å²) in [5.74, 6) is 0.138. The van der Waals surface area contributed by atoms with Crippen molar-refractivity contribution in [3.8, 4) is 5.75 Å². The molecule has 1 aromatic carbocycles. The van der Waals surface area contributed by atoms with Crippen LogP contribution < -0.4 is 4.74 Å². The van der Waals surface area contributed by atoms with Crippen molar-refractivity contribution < 1.29 is 13.9 Å². The fourth-order valence-electron chi connectivity index (χ4n) is 2.32. The van der Waals surface area contributed by atoms with Crippen LogP contribution in [0.1, 0.15) is 31.4 Å². The van der Waals surface area contributed by atoms with Crippen LogP contribution in [-0.2, 0) is 11.2 Å². The summed E-state index contributed by atoms with van der Waals surface area (Å²) < 4.78 is 24.6. The Hall–Kier alpha value is -1.13. The molecule has 21 heavy (non-hydrogen) atoms. The van der Waals surface area contributed by atoms with Gasteiger partial charge < -0.3 is 9.47 Å². The van der Waals surface area contributed by atoms with Crippen molar-refractivity contribution in [2.24, 2.45) is 10.9 Å². The zero-order chi connectivity index (χ0) is 15.4. The molecule has 0 aliphatic carbocycles. The zero-order valence-electron chi connectivity index (χ0n) is 12.7. The maximum Gasteiger partial charge on any atom is 0.184 e. The number of halogens is 2. The third-order valence-electron chi connectivity index (χ3n) is 3.64. The van der Waals surface area contributed by atoms with Crippen molar-refractivity contribution in [1.29, 1.82) is 0 Å². The van der Waals surface area contributed by atoms with Crippen LogP contribution in [0.3, 0.4) is 0 Å². The van der Waals surface area contributed by atoms with Crippen molar-refractivity contribution >= 4 is 17.8 Å². The predicted octanol–water partition coefficient (Wildman–Crippen LogP) is 3.89. The first-order valence-corrected chi connectivity index (χ1v) is 7.58. The molecule has 0 amide bonds. The summed E-state index contributed by atoms with van der Waals surface area (Å²) in [6.45, 7) is 5.24. The number of methoxy groups -OCH3 is 1. The summed E-state index contributed by atoms with van der Waals surface area (Å²) in [7, 11) is 1.63. The Kier molecular flexibility index (Phi) is 5.59. The molecule has 0 N–H and O–H groups in total. The molecule has 0 spiro atoms. The normalized spacial score (nSPS) is 17.1. The van der Waals surface area contributed by atoms with Gasteiger partial charge >= 0.3 is 0 Å². The first kappa shape index (κ1) is 16.2. The van der Waals surface area contributed by atoms with Gasteiger partial charge in [-0.3, -0.25) is 4.99 Å². The van der Waals surface area contributed by atoms with E-state index in [1.807, 2.05) is 0 Å². The number of fused-ring (bicyclic) bond motifs is 1. The average molecular weight is 314 g/mol. The molecule has 3 nitrogen and oxygen atoms in total. The van der Waals surface area contributed by atoms with Gasteiger partial charge in [0.05, 0.1) is 17.7 Å². The number of hydrogen-bond acceptors (Lipinski definition) is 3. The predicted molar refractivity (Wildman–Crippen MR) is 83.3 cm³/mol. The maximum atomic E-state index is 14.2. The fourth-order valence-corrected chi connectivity index (χ4v) is 2.59. The molecule has 1 heterocycles. The van der Waals surface area contributed by atoms with E-state index in [4.69, 9.17) is 21.1 Å². The molecule has 1 aliphatic rings. The zero-order valence-corrected chi connectivity index (χ0v) is 13.4. The third-order valence-corrected chi connectivity index (χ3v) is 4.01. The SMILES string of the molecule is COCCCOc1cc2c(c(Cl)c1F)C=NC(C(C)C)C2. The molecule has 1 atom stereocenters. The molecule has 116 valence electrons. The van der Waals surface area contributed by atoms with Gasteiger partial charge in [-0.15, -0.1) is 0 Å². The Labute approximate surface area is 130 Å². The smallest absolute Gasteiger partial charge is 0.184 e. The Morgan fingerprint density at radius 3 is 2.86 bits per heavy atom. The maximum absolute atomic E-state index is 14.2. The number of rotatable bonds is 6. The second-order valence-electron chi connectivity index (χ2n) is 5.56. The lowest BCUT2D eigenvalue weighted by atomic mass is 9.91. The number of aliphatic imine (C=N–C) groups is 1. The molecule has 0 aromatic heterocycles. The van der Waals surface area contributed by atoms with E-state index >= 15 is 0 Å². The van der Waals surface area contributed by atoms with Gasteiger partial charge in [0, 0.05) is 31.9 Å². The minimum absolute atomic E-state index is 0.0974. The molecule has 0 radical (unpaired) electrons. The Balaban J connectivity index is 2.20. The molecule has 1 aliphatic heterocycles. The Morgan fingerprint density at radius 1 is 1.43 bits per heavy atom.